The number of rotatable bonds is 11. The predicted molar refractivity (Wildman–Crippen MR) is 87.0 cm³/mol. The highest BCUT2D eigenvalue weighted by Crippen LogP contribution is 2.11. The van der Waals surface area contributed by atoms with Crippen molar-refractivity contribution in [3.63, 3.8) is 0 Å². The fourth-order valence-corrected chi connectivity index (χ4v) is 2.36. The Labute approximate surface area is 125 Å². The van der Waals surface area contributed by atoms with Crippen molar-refractivity contribution in [2.45, 2.75) is 77.6 Å². The van der Waals surface area contributed by atoms with Crippen LogP contribution >= 0.6 is 12.4 Å². The first kappa shape index (κ1) is 18.4. The fraction of sp³-hybridized carbons (Fsp3) is 0.706. The average Bonchev–Trinajstić information content (AvgIpc) is 2.42. The zero-order valence-electron chi connectivity index (χ0n) is 12.4. The molecule has 0 spiro atoms. The minimum atomic E-state index is 0. The van der Waals surface area contributed by atoms with E-state index >= 15 is 0 Å². The first-order valence-electron chi connectivity index (χ1n) is 7.82. The summed E-state index contributed by atoms with van der Waals surface area (Å²) in [5.74, 6) is 0. The third kappa shape index (κ3) is 11.0. The monoisotopic (exact) mass is 283 g/mol. The zero-order chi connectivity index (χ0) is 12.9. The maximum absolute atomic E-state index is 4.15. The summed E-state index contributed by atoms with van der Waals surface area (Å²) < 4.78 is 0. The van der Waals surface area contributed by atoms with Crippen LogP contribution in [0, 0.1) is 0 Å². The van der Waals surface area contributed by atoms with Crippen molar-refractivity contribution < 1.29 is 0 Å². The Morgan fingerprint density at radius 3 is 1.95 bits per heavy atom. The van der Waals surface area contributed by atoms with Gasteiger partial charge < -0.3 is 0 Å². The van der Waals surface area contributed by atoms with E-state index in [1.807, 2.05) is 18.5 Å². The van der Waals surface area contributed by atoms with Crippen molar-refractivity contribution in [3.05, 3.63) is 30.1 Å². The lowest BCUT2D eigenvalue weighted by atomic mass is 10.0. The van der Waals surface area contributed by atoms with Gasteiger partial charge in [-0.15, -0.1) is 12.4 Å². The molecule has 0 aliphatic heterocycles. The number of aryl methyl sites for hydroxylation is 1. The number of pyridine rings is 1. The number of unbranched alkanes of at least 4 members (excludes halogenated alkanes) is 9. The Kier molecular flexibility index (Phi) is 13.5. The second-order valence-corrected chi connectivity index (χ2v) is 5.29. The average molecular weight is 284 g/mol. The van der Waals surface area contributed by atoms with Gasteiger partial charge in [0.25, 0.3) is 0 Å². The summed E-state index contributed by atoms with van der Waals surface area (Å²) in [6, 6.07) is 4.21. The zero-order valence-corrected chi connectivity index (χ0v) is 13.3. The van der Waals surface area contributed by atoms with E-state index in [9.17, 15) is 0 Å². The molecule has 0 radical (unpaired) electrons. The molecule has 0 unspecified atom stereocenters. The third-order valence-electron chi connectivity index (χ3n) is 3.54. The Morgan fingerprint density at radius 2 is 1.42 bits per heavy atom. The number of nitrogens with zero attached hydrogens (tertiary/aromatic N) is 1. The molecule has 1 aromatic heterocycles. The number of hydrogen-bond acceptors (Lipinski definition) is 1. The van der Waals surface area contributed by atoms with Gasteiger partial charge in [0, 0.05) is 12.4 Å². The highest BCUT2D eigenvalue weighted by molar-refractivity contribution is 5.85. The van der Waals surface area contributed by atoms with Gasteiger partial charge in [0.05, 0.1) is 0 Å². The molecule has 0 aliphatic rings. The van der Waals surface area contributed by atoms with Gasteiger partial charge in [0.2, 0.25) is 0 Å². The number of halogens is 1. The number of aromatic nitrogens is 1. The lowest BCUT2D eigenvalue weighted by molar-refractivity contribution is 0.556. The molecule has 0 saturated heterocycles. The highest BCUT2D eigenvalue weighted by Gasteiger charge is 1.94. The van der Waals surface area contributed by atoms with Crippen molar-refractivity contribution in [2.24, 2.45) is 0 Å². The van der Waals surface area contributed by atoms with Crippen LogP contribution in [0.3, 0.4) is 0 Å². The van der Waals surface area contributed by atoms with Gasteiger partial charge >= 0.3 is 0 Å². The maximum atomic E-state index is 4.15. The first-order chi connectivity index (χ1) is 8.93. The molecule has 1 heterocycles. The topological polar surface area (TPSA) is 12.9 Å². The lowest BCUT2D eigenvalue weighted by Gasteiger charge is -2.02. The summed E-state index contributed by atoms with van der Waals surface area (Å²) in [7, 11) is 0. The summed E-state index contributed by atoms with van der Waals surface area (Å²) >= 11 is 0. The Hall–Kier alpha value is -0.560. The molecule has 1 rings (SSSR count). The van der Waals surface area contributed by atoms with Gasteiger partial charge in [0.15, 0.2) is 0 Å². The van der Waals surface area contributed by atoms with Crippen LogP contribution in [0.25, 0.3) is 0 Å². The Morgan fingerprint density at radius 1 is 0.842 bits per heavy atom. The minimum Gasteiger partial charge on any atom is -0.264 e. The van der Waals surface area contributed by atoms with Crippen LogP contribution in [0.5, 0.6) is 0 Å². The molecular formula is C17H30ClN. The van der Waals surface area contributed by atoms with E-state index in [1.165, 1.54) is 76.2 Å². The van der Waals surface area contributed by atoms with Gasteiger partial charge in [-0.3, -0.25) is 4.98 Å². The predicted octanol–water partition coefficient (Wildman–Crippen LogP) is 5.97. The van der Waals surface area contributed by atoms with Crippen molar-refractivity contribution in [1.29, 1.82) is 0 Å². The van der Waals surface area contributed by atoms with E-state index in [2.05, 4.69) is 18.0 Å². The minimum absolute atomic E-state index is 0. The standard InChI is InChI=1S/C17H29N.ClH/c1-2-3-4-5-6-7-8-9-10-11-13-17-14-12-15-18-16-17;/h12,14-16H,2-11,13H2,1H3;1H. The molecule has 2 heteroatoms. The van der Waals surface area contributed by atoms with Crippen molar-refractivity contribution in [1.82, 2.24) is 4.98 Å². The number of hydrogen-bond donors (Lipinski definition) is 0. The summed E-state index contributed by atoms with van der Waals surface area (Å²) in [5, 5.41) is 0. The second-order valence-electron chi connectivity index (χ2n) is 5.29. The molecule has 0 bridgehead atoms. The van der Waals surface area contributed by atoms with Gasteiger partial charge in [-0.2, -0.15) is 0 Å². The normalized spacial score (nSPS) is 10.2. The van der Waals surface area contributed by atoms with Crippen molar-refractivity contribution in [3.8, 4) is 0 Å². The molecular weight excluding hydrogens is 254 g/mol. The van der Waals surface area contributed by atoms with Gasteiger partial charge in [-0.1, -0.05) is 70.8 Å². The lowest BCUT2D eigenvalue weighted by Crippen LogP contribution is -1.87. The molecule has 0 saturated carbocycles. The van der Waals surface area contributed by atoms with E-state index in [-0.39, 0.29) is 12.4 Å². The Bertz CT molecular complexity index is 274. The molecule has 1 nitrogen and oxygen atoms in total. The van der Waals surface area contributed by atoms with Gasteiger partial charge in [0.1, 0.15) is 0 Å². The first-order valence-corrected chi connectivity index (χ1v) is 7.82. The van der Waals surface area contributed by atoms with E-state index in [1.54, 1.807) is 0 Å². The largest absolute Gasteiger partial charge is 0.264 e. The van der Waals surface area contributed by atoms with E-state index in [4.69, 9.17) is 0 Å². The van der Waals surface area contributed by atoms with Crippen LogP contribution in [0.15, 0.2) is 24.5 Å². The molecule has 0 aliphatic carbocycles. The van der Waals surface area contributed by atoms with Gasteiger partial charge in [-0.25, -0.2) is 0 Å². The quantitative estimate of drug-likeness (QED) is 0.456. The van der Waals surface area contributed by atoms with Crippen LogP contribution in [0.4, 0.5) is 0 Å². The van der Waals surface area contributed by atoms with Gasteiger partial charge in [-0.05, 0) is 24.5 Å². The van der Waals surface area contributed by atoms with E-state index in [0.29, 0.717) is 0 Å². The van der Waals surface area contributed by atoms with Crippen LogP contribution in [0.2, 0.25) is 0 Å². The third-order valence-corrected chi connectivity index (χ3v) is 3.54. The van der Waals surface area contributed by atoms with Crippen molar-refractivity contribution in [2.75, 3.05) is 0 Å². The van der Waals surface area contributed by atoms with Crippen LogP contribution in [-0.2, 0) is 6.42 Å². The summed E-state index contributed by atoms with van der Waals surface area (Å²) in [6.45, 7) is 2.28. The molecule has 0 amide bonds. The second kappa shape index (κ2) is 13.9. The van der Waals surface area contributed by atoms with Crippen LogP contribution < -0.4 is 0 Å². The van der Waals surface area contributed by atoms with E-state index in [0.717, 1.165) is 0 Å². The summed E-state index contributed by atoms with van der Waals surface area (Å²) in [6.07, 6.45) is 19.1. The molecule has 1 aromatic rings. The maximum Gasteiger partial charge on any atom is 0.0299 e. The molecule has 19 heavy (non-hydrogen) atoms. The molecule has 0 N–H and O–H groups in total. The Balaban J connectivity index is 0.00000324. The van der Waals surface area contributed by atoms with Crippen LogP contribution in [-0.4, -0.2) is 4.98 Å². The smallest absolute Gasteiger partial charge is 0.0299 e. The fourth-order valence-electron chi connectivity index (χ4n) is 2.36. The molecule has 0 fully saturated rings. The van der Waals surface area contributed by atoms with Crippen LogP contribution in [0.1, 0.15) is 76.7 Å². The summed E-state index contributed by atoms with van der Waals surface area (Å²) in [5.41, 5.74) is 1.39. The SMILES string of the molecule is CCCCCCCCCCCCc1cccnc1.Cl. The van der Waals surface area contributed by atoms with E-state index < -0.39 is 0 Å². The molecule has 0 aromatic carbocycles. The molecule has 0 atom stereocenters. The van der Waals surface area contributed by atoms with Crippen molar-refractivity contribution >= 4 is 12.4 Å². The molecule has 110 valence electrons. The summed E-state index contributed by atoms with van der Waals surface area (Å²) in [4.78, 5) is 4.15. The highest BCUT2D eigenvalue weighted by atomic mass is 35.5.